The molecule has 0 spiro atoms. The number of nitrogens with zero attached hydrogens (tertiary/aromatic N) is 3. The molecule has 3 nitrogen and oxygen atoms in total. The molecule has 136 valence electrons. The fraction of sp³-hybridized carbons (Fsp3) is 0.0435. The highest BCUT2D eigenvalue weighted by atomic mass is 79.9. The van der Waals surface area contributed by atoms with E-state index in [4.69, 9.17) is 10.1 Å². The first kappa shape index (κ1) is 17.6. The molecule has 0 fully saturated rings. The van der Waals surface area contributed by atoms with Gasteiger partial charge in [0.25, 0.3) is 0 Å². The van der Waals surface area contributed by atoms with Crippen molar-refractivity contribution in [1.29, 1.82) is 0 Å². The molecule has 5 heteroatoms. The van der Waals surface area contributed by atoms with E-state index in [0.29, 0.717) is 0 Å². The van der Waals surface area contributed by atoms with Crippen LogP contribution in [0.4, 0.5) is 0 Å². The molecule has 5 aromatic rings. The molecule has 0 aliphatic heterocycles. The third kappa shape index (κ3) is 2.86. The first-order valence-corrected chi connectivity index (χ1v) is 10.5. The fourth-order valence-corrected chi connectivity index (χ4v) is 4.10. The van der Waals surface area contributed by atoms with Gasteiger partial charge in [-0.3, -0.25) is 0 Å². The predicted octanol–water partition coefficient (Wildman–Crippen LogP) is 7.07. The molecule has 0 N–H and O–H groups in total. The molecule has 0 aliphatic rings. The van der Waals surface area contributed by atoms with E-state index < -0.39 is 0 Å². The molecule has 0 saturated carbocycles. The Morgan fingerprint density at radius 2 is 1.43 bits per heavy atom. The number of aromatic nitrogens is 3. The Hall–Kier alpha value is -2.50. The van der Waals surface area contributed by atoms with Crippen molar-refractivity contribution in [3.63, 3.8) is 0 Å². The monoisotopic (exact) mass is 491 g/mol. The third-order valence-electron chi connectivity index (χ3n) is 4.96. The highest BCUT2D eigenvalue weighted by Crippen LogP contribution is 2.35. The van der Waals surface area contributed by atoms with Crippen LogP contribution < -0.4 is 0 Å². The van der Waals surface area contributed by atoms with Crippen LogP contribution in [0.25, 0.3) is 38.9 Å². The first-order chi connectivity index (χ1) is 13.6. The number of hydrogen-bond donors (Lipinski definition) is 0. The van der Waals surface area contributed by atoms with E-state index in [1.54, 1.807) is 0 Å². The summed E-state index contributed by atoms with van der Waals surface area (Å²) in [5, 5.41) is 7.24. The van der Waals surface area contributed by atoms with Crippen molar-refractivity contribution in [3.05, 3.63) is 87.3 Å². The lowest BCUT2D eigenvalue weighted by molar-refractivity contribution is 0.903. The van der Waals surface area contributed by atoms with Crippen LogP contribution in [-0.4, -0.2) is 14.8 Å². The van der Waals surface area contributed by atoms with Crippen molar-refractivity contribution in [2.45, 2.75) is 6.92 Å². The van der Waals surface area contributed by atoms with Crippen molar-refractivity contribution in [3.8, 4) is 16.9 Å². The zero-order chi connectivity index (χ0) is 19.3. The third-order valence-corrected chi connectivity index (χ3v) is 6.02. The highest BCUT2D eigenvalue weighted by molar-refractivity contribution is 9.10. The van der Waals surface area contributed by atoms with Gasteiger partial charge in [-0.25, -0.2) is 9.67 Å². The molecule has 0 aliphatic carbocycles. The van der Waals surface area contributed by atoms with Gasteiger partial charge >= 0.3 is 0 Å². The summed E-state index contributed by atoms with van der Waals surface area (Å²) in [7, 11) is 0. The Labute approximate surface area is 179 Å². The number of halogens is 2. The van der Waals surface area contributed by atoms with Crippen molar-refractivity contribution < 1.29 is 0 Å². The standard InChI is InChI=1S/C23H15Br2N3/c1-14-19-4-2-3-5-20(19)26-23-21(14)22(15-6-8-16(24)9-7-15)27-28(23)18-12-10-17(25)11-13-18/h2-13H,1H3. The van der Waals surface area contributed by atoms with Gasteiger partial charge in [0, 0.05) is 19.9 Å². The minimum absolute atomic E-state index is 0.872. The summed E-state index contributed by atoms with van der Waals surface area (Å²) < 4.78 is 4.03. The second-order valence-electron chi connectivity index (χ2n) is 6.70. The number of aryl methyl sites for hydroxylation is 1. The van der Waals surface area contributed by atoms with Gasteiger partial charge < -0.3 is 0 Å². The van der Waals surface area contributed by atoms with Crippen LogP contribution in [0.5, 0.6) is 0 Å². The van der Waals surface area contributed by atoms with Crippen molar-refractivity contribution in [2.75, 3.05) is 0 Å². The van der Waals surface area contributed by atoms with Crippen LogP contribution in [0.2, 0.25) is 0 Å². The van der Waals surface area contributed by atoms with Crippen molar-refractivity contribution in [1.82, 2.24) is 14.8 Å². The number of fused-ring (bicyclic) bond motifs is 2. The molecule has 0 bridgehead atoms. The molecule has 0 unspecified atom stereocenters. The molecular formula is C23H15Br2N3. The molecular weight excluding hydrogens is 478 g/mol. The van der Waals surface area contributed by atoms with Crippen LogP contribution in [0.15, 0.2) is 81.7 Å². The van der Waals surface area contributed by atoms with Gasteiger partial charge in [-0.1, -0.05) is 62.2 Å². The average molecular weight is 493 g/mol. The van der Waals surface area contributed by atoms with E-state index in [1.165, 1.54) is 5.56 Å². The van der Waals surface area contributed by atoms with Crippen LogP contribution in [0.3, 0.4) is 0 Å². The molecule has 0 radical (unpaired) electrons. The molecule has 3 aromatic carbocycles. The number of rotatable bonds is 2. The minimum Gasteiger partial charge on any atom is -0.228 e. The smallest absolute Gasteiger partial charge is 0.164 e. The zero-order valence-electron chi connectivity index (χ0n) is 15.0. The number of pyridine rings is 1. The normalized spacial score (nSPS) is 11.4. The quantitative estimate of drug-likeness (QED) is 0.263. The molecule has 0 amide bonds. The van der Waals surface area contributed by atoms with E-state index in [0.717, 1.165) is 47.8 Å². The van der Waals surface area contributed by atoms with Gasteiger partial charge in [0.2, 0.25) is 0 Å². The molecule has 0 atom stereocenters. The Kier molecular flexibility index (Phi) is 4.29. The van der Waals surface area contributed by atoms with Crippen molar-refractivity contribution >= 4 is 53.8 Å². The lowest BCUT2D eigenvalue weighted by Crippen LogP contribution is -1.98. The van der Waals surface area contributed by atoms with Gasteiger partial charge in [-0.15, -0.1) is 0 Å². The van der Waals surface area contributed by atoms with Gasteiger partial charge in [0.1, 0.15) is 5.69 Å². The van der Waals surface area contributed by atoms with E-state index in [1.807, 2.05) is 47.1 Å². The fourth-order valence-electron chi connectivity index (χ4n) is 3.57. The Morgan fingerprint density at radius 1 is 0.786 bits per heavy atom. The zero-order valence-corrected chi connectivity index (χ0v) is 18.2. The summed E-state index contributed by atoms with van der Waals surface area (Å²) in [6, 6.07) is 24.7. The summed E-state index contributed by atoms with van der Waals surface area (Å²) >= 11 is 7.03. The van der Waals surface area contributed by atoms with Gasteiger partial charge in [-0.2, -0.15) is 5.10 Å². The summed E-state index contributed by atoms with van der Waals surface area (Å²) in [5.41, 5.74) is 6.05. The Morgan fingerprint density at radius 3 is 2.14 bits per heavy atom. The largest absolute Gasteiger partial charge is 0.228 e. The number of para-hydroxylation sites is 1. The van der Waals surface area contributed by atoms with Crippen molar-refractivity contribution in [2.24, 2.45) is 0 Å². The van der Waals surface area contributed by atoms with Crippen LogP contribution in [-0.2, 0) is 0 Å². The first-order valence-electron chi connectivity index (χ1n) is 8.92. The minimum atomic E-state index is 0.872. The maximum Gasteiger partial charge on any atom is 0.164 e. The topological polar surface area (TPSA) is 30.7 Å². The molecule has 2 aromatic heterocycles. The maximum absolute atomic E-state index is 5.00. The number of benzene rings is 3. The number of hydrogen-bond acceptors (Lipinski definition) is 2. The van der Waals surface area contributed by atoms with Crippen LogP contribution >= 0.6 is 31.9 Å². The van der Waals surface area contributed by atoms with E-state index in [2.05, 4.69) is 69.1 Å². The lowest BCUT2D eigenvalue weighted by atomic mass is 10.0. The van der Waals surface area contributed by atoms with Gasteiger partial charge in [0.15, 0.2) is 5.65 Å². The molecule has 28 heavy (non-hydrogen) atoms. The summed E-state index contributed by atoms with van der Waals surface area (Å²) in [6.45, 7) is 2.16. The lowest BCUT2D eigenvalue weighted by Gasteiger charge is -2.06. The second-order valence-corrected chi connectivity index (χ2v) is 8.53. The van der Waals surface area contributed by atoms with E-state index >= 15 is 0 Å². The SMILES string of the molecule is Cc1c2ccccc2nc2c1c(-c1ccc(Br)cc1)nn2-c1ccc(Br)cc1. The van der Waals surface area contributed by atoms with Crippen LogP contribution in [0.1, 0.15) is 5.56 Å². The van der Waals surface area contributed by atoms with Gasteiger partial charge in [0.05, 0.1) is 16.6 Å². The molecule has 2 heterocycles. The maximum atomic E-state index is 5.00. The summed E-state index contributed by atoms with van der Waals surface area (Å²) in [6.07, 6.45) is 0. The molecule has 0 saturated heterocycles. The van der Waals surface area contributed by atoms with E-state index in [-0.39, 0.29) is 0 Å². The Balaban J connectivity index is 1.90. The molecule has 5 rings (SSSR count). The summed E-state index contributed by atoms with van der Waals surface area (Å²) in [4.78, 5) is 4.98. The highest BCUT2D eigenvalue weighted by Gasteiger charge is 2.19. The average Bonchev–Trinajstić information content (AvgIpc) is 3.09. The van der Waals surface area contributed by atoms with Crippen LogP contribution in [0, 0.1) is 6.92 Å². The predicted molar refractivity (Wildman–Crippen MR) is 122 cm³/mol. The second kappa shape index (κ2) is 6.83. The van der Waals surface area contributed by atoms with E-state index in [9.17, 15) is 0 Å². The Bertz CT molecular complexity index is 1320. The van der Waals surface area contributed by atoms with Gasteiger partial charge in [-0.05, 0) is 55.0 Å². The summed E-state index contributed by atoms with van der Waals surface area (Å²) in [5.74, 6) is 0.